The second-order valence-electron chi connectivity index (χ2n) is 14.3. The van der Waals surface area contributed by atoms with Crippen LogP contribution in [0.25, 0.3) is 11.0 Å². The SMILES string of the molecule is CCOP(=O)(OCC)C(COC)(OC[C@H]1O[C@@H](n2ncc3c(N(C(=O)O)C4CCCC4)cc(Cl)nc32)[C@@H]2OC(C)(C)O[C@@H]21)C(=O)N=S(C)(=O)NC(=O)C1CC1. The zero-order valence-electron chi connectivity index (χ0n) is 31.5. The summed E-state index contributed by atoms with van der Waals surface area (Å²) in [6.07, 6.45) is 2.02. The third-order valence-corrected chi connectivity index (χ3v) is 13.5. The van der Waals surface area contributed by atoms with Gasteiger partial charge in [-0.3, -0.25) is 23.8 Å². The normalized spacial score (nSPS) is 26.0. The second kappa shape index (κ2) is 16.2. The maximum Gasteiger partial charge on any atom is 0.412 e. The van der Waals surface area contributed by atoms with Gasteiger partial charge < -0.3 is 37.8 Å². The number of pyridine rings is 1. The lowest BCUT2D eigenvalue weighted by Crippen LogP contribution is -2.49. The van der Waals surface area contributed by atoms with Crippen molar-refractivity contribution in [3.8, 4) is 0 Å². The fourth-order valence-corrected chi connectivity index (χ4v) is 10.6. The van der Waals surface area contributed by atoms with Crippen LogP contribution in [0.5, 0.6) is 0 Å². The van der Waals surface area contributed by atoms with Gasteiger partial charge in [-0.15, -0.1) is 4.36 Å². The largest absolute Gasteiger partial charge is 0.465 e. The zero-order chi connectivity index (χ0) is 39.9. The van der Waals surface area contributed by atoms with E-state index in [1.807, 2.05) is 0 Å². The molecule has 0 aromatic carbocycles. The van der Waals surface area contributed by atoms with Crippen molar-refractivity contribution in [1.29, 1.82) is 0 Å². The highest BCUT2D eigenvalue weighted by atomic mass is 35.5. The van der Waals surface area contributed by atoms with Crippen LogP contribution < -0.4 is 9.62 Å². The Morgan fingerprint density at radius 3 is 2.42 bits per heavy atom. The van der Waals surface area contributed by atoms with Crippen LogP contribution in [0.2, 0.25) is 5.15 Å². The quantitative estimate of drug-likeness (QED) is 0.174. The Labute approximate surface area is 323 Å². The van der Waals surface area contributed by atoms with Crippen molar-refractivity contribution >= 4 is 63.7 Å². The van der Waals surface area contributed by atoms with Gasteiger partial charge in [0.15, 0.2) is 17.7 Å². The number of ether oxygens (including phenoxy) is 5. The number of hydrogen-bond acceptors (Lipinski definition) is 14. The number of hydrogen-bond donors (Lipinski definition) is 2. The molecule has 306 valence electrons. The van der Waals surface area contributed by atoms with Gasteiger partial charge in [0.25, 0.3) is 5.34 Å². The van der Waals surface area contributed by atoms with Crippen LogP contribution in [0.3, 0.4) is 0 Å². The van der Waals surface area contributed by atoms with Gasteiger partial charge in [-0.25, -0.2) is 18.7 Å². The third-order valence-electron chi connectivity index (χ3n) is 9.73. The van der Waals surface area contributed by atoms with Crippen molar-refractivity contribution in [2.24, 2.45) is 10.3 Å². The number of fused-ring (bicyclic) bond motifs is 2. The van der Waals surface area contributed by atoms with E-state index in [1.54, 1.807) is 13.8 Å². The number of carboxylic acid groups (broad SMARTS) is 1. The number of aromatic nitrogens is 3. The molecule has 2 saturated heterocycles. The molecule has 2 unspecified atom stereocenters. The molecule has 0 radical (unpaired) electrons. The fraction of sp³-hybridized carbons (Fsp3) is 0.727. The van der Waals surface area contributed by atoms with E-state index in [2.05, 4.69) is 19.2 Å². The van der Waals surface area contributed by atoms with Crippen molar-refractivity contribution in [1.82, 2.24) is 19.5 Å². The van der Waals surface area contributed by atoms with Gasteiger partial charge in [0.05, 0.1) is 43.7 Å². The number of carbonyl (C=O) groups excluding carboxylic acids is 2. The number of amides is 3. The summed E-state index contributed by atoms with van der Waals surface area (Å²) in [4.78, 5) is 45.1. The van der Waals surface area contributed by atoms with Crippen molar-refractivity contribution < 1.29 is 61.0 Å². The van der Waals surface area contributed by atoms with E-state index in [-0.39, 0.29) is 36.0 Å². The molecule has 3 amide bonds. The summed E-state index contributed by atoms with van der Waals surface area (Å²) in [5.74, 6) is -3.31. The summed E-state index contributed by atoms with van der Waals surface area (Å²) in [6, 6.07) is 1.25. The highest BCUT2D eigenvalue weighted by molar-refractivity contribution is 7.91. The maximum atomic E-state index is 14.6. The molecule has 6 atom stereocenters. The lowest BCUT2D eigenvalue weighted by molar-refractivity contribution is -0.207. The Morgan fingerprint density at radius 1 is 1.16 bits per heavy atom. The molecule has 2 aromatic rings. The summed E-state index contributed by atoms with van der Waals surface area (Å²) in [5, 5.41) is 12.7. The van der Waals surface area contributed by atoms with Crippen LogP contribution in [0.1, 0.15) is 72.4 Å². The number of anilines is 1. The fourth-order valence-electron chi connectivity index (χ4n) is 7.28. The van der Waals surface area contributed by atoms with Gasteiger partial charge in [0.1, 0.15) is 33.4 Å². The minimum absolute atomic E-state index is 0.0295. The number of rotatable bonds is 16. The molecule has 19 nitrogen and oxygen atoms in total. The van der Waals surface area contributed by atoms with E-state index in [4.69, 9.17) is 44.3 Å². The van der Waals surface area contributed by atoms with E-state index in [1.165, 1.54) is 42.8 Å². The van der Waals surface area contributed by atoms with Gasteiger partial charge in [0.2, 0.25) is 5.91 Å². The predicted octanol–water partition coefficient (Wildman–Crippen LogP) is 4.62. The average Bonchev–Trinajstić information content (AvgIpc) is 3.34. The number of methoxy groups -OCH3 is 1. The number of carbonyl (C=O) groups is 3. The molecule has 22 heteroatoms. The number of halogens is 1. The molecule has 4 aliphatic rings. The van der Waals surface area contributed by atoms with Crippen molar-refractivity contribution in [2.45, 2.75) is 108 Å². The van der Waals surface area contributed by atoms with Gasteiger partial charge >= 0.3 is 19.6 Å². The summed E-state index contributed by atoms with van der Waals surface area (Å²) < 4.78 is 77.5. The molecule has 2 aliphatic heterocycles. The smallest absolute Gasteiger partial charge is 0.412 e. The van der Waals surface area contributed by atoms with E-state index >= 15 is 0 Å². The van der Waals surface area contributed by atoms with Crippen LogP contribution in [-0.2, 0) is 56.8 Å². The standard InChI is InChI=1S/C33H48ClN6O13PS/c1-7-49-54(45,50-8-2)33(18-47-5,30(42)38-55(6,46)37-28(41)19-13-14-19)48-17-23-25-26(53-32(3,4)52-25)29(51-23)40-27-21(16-35-40)22(15-24(34)36-27)39(31(43)44)20-11-9-10-12-20/h15-16,19-20,23,25-26,29H,7-14,17-18H2,1-6H3,(H,43,44)(H,37,38,41,42,46)/t23-,25-,26-,29-,33?,55?/m1/s1. The summed E-state index contributed by atoms with van der Waals surface area (Å²) in [5.41, 5.74) is 0.547. The van der Waals surface area contributed by atoms with E-state index in [9.17, 15) is 28.3 Å². The second-order valence-corrected chi connectivity index (χ2v) is 18.9. The summed E-state index contributed by atoms with van der Waals surface area (Å²) in [7, 11) is -7.14. The van der Waals surface area contributed by atoms with Gasteiger partial charge in [-0.2, -0.15) is 5.10 Å². The molecular weight excluding hydrogens is 787 g/mol. The van der Waals surface area contributed by atoms with Crippen LogP contribution >= 0.6 is 19.2 Å². The summed E-state index contributed by atoms with van der Waals surface area (Å²) in [6.45, 7) is 4.88. The van der Waals surface area contributed by atoms with Gasteiger partial charge in [-0.1, -0.05) is 24.4 Å². The zero-order valence-corrected chi connectivity index (χ0v) is 34.0. The molecule has 0 spiro atoms. The Morgan fingerprint density at radius 2 is 1.82 bits per heavy atom. The topological polar surface area (TPSA) is 229 Å². The van der Waals surface area contributed by atoms with Crippen LogP contribution in [0, 0.1) is 5.92 Å². The van der Waals surface area contributed by atoms with E-state index < -0.39 is 84.3 Å². The van der Waals surface area contributed by atoms with Gasteiger partial charge in [-0.05, 0) is 53.4 Å². The first kappa shape index (κ1) is 41.8. The molecular formula is C33H48ClN6O13PS. The molecule has 6 rings (SSSR count). The minimum Gasteiger partial charge on any atom is -0.465 e. The Balaban J connectivity index is 1.36. The predicted molar refractivity (Wildman–Crippen MR) is 197 cm³/mol. The minimum atomic E-state index is -4.66. The first-order chi connectivity index (χ1) is 26.0. The third kappa shape index (κ3) is 8.44. The Hall–Kier alpha value is -2.78. The van der Waals surface area contributed by atoms with Crippen LogP contribution in [0.4, 0.5) is 10.5 Å². The van der Waals surface area contributed by atoms with Crippen molar-refractivity contribution in [2.75, 3.05) is 44.7 Å². The summed E-state index contributed by atoms with van der Waals surface area (Å²) >= 11 is 6.51. The lowest BCUT2D eigenvalue weighted by atomic mass is 10.1. The Kier molecular flexibility index (Phi) is 12.3. The first-order valence-corrected chi connectivity index (χ1v) is 22.0. The van der Waals surface area contributed by atoms with E-state index in [0.29, 0.717) is 36.8 Å². The molecule has 0 bridgehead atoms. The first-order valence-electron chi connectivity index (χ1n) is 18.2. The Bertz CT molecular complexity index is 1960. The number of nitrogens with one attached hydrogen (secondary N) is 1. The average molecular weight is 835 g/mol. The molecule has 2 saturated carbocycles. The highest BCUT2D eigenvalue weighted by Gasteiger charge is 2.62. The number of nitrogens with zero attached hydrogens (tertiary/aromatic N) is 5. The maximum absolute atomic E-state index is 14.6. The van der Waals surface area contributed by atoms with E-state index in [0.717, 1.165) is 19.1 Å². The monoisotopic (exact) mass is 834 g/mol. The van der Waals surface area contributed by atoms with Crippen LogP contribution in [-0.4, -0.2) is 117 Å². The molecule has 2 N–H and O–H groups in total. The highest BCUT2D eigenvalue weighted by Crippen LogP contribution is 2.62. The molecule has 2 aliphatic carbocycles. The van der Waals surface area contributed by atoms with Gasteiger partial charge in [0, 0.05) is 31.4 Å². The van der Waals surface area contributed by atoms with Crippen molar-refractivity contribution in [3.63, 3.8) is 0 Å². The molecule has 4 heterocycles. The molecule has 4 fully saturated rings. The molecule has 55 heavy (non-hydrogen) atoms. The van der Waals surface area contributed by atoms with Crippen LogP contribution in [0.15, 0.2) is 16.6 Å². The lowest BCUT2D eigenvalue weighted by Gasteiger charge is -2.36. The molecule has 2 aromatic heterocycles. The van der Waals surface area contributed by atoms with Crippen molar-refractivity contribution in [3.05, 3.63) is 17.4 Å².